The molecule has 2 unspecified atom stereocenters. The molecule has 2 N–H and O–H groups in total. The molecule has 2 aromatic carbocycles. The zero-order chi connectivity index (χ0) is 39.8. The molecule has 3 aromatic heterocycles. The molecule has 290 valence electrons. The number of carbonyl (C=O) groups excluding carboxylic acids is 1. The molecule has 3 heterocycles. The Morgan fingerprint density at radius 1 is 0.964 bits per heavy atom. The van der Waals surface area contributed by atoms with E-state index in [1.165, 1.54) is 17.8 Å². The summed E-state index contributed by atoms with van der Waals surface area (Å²) in [6.45, 7) is 20.3. The van der Waals surface area contributed by atoms with Crippen molar-refractivity contribution in [3.05, 3.63) is 100.0 Å². The Morgan fingerprint density at radius 3 is 2.38 bits per heavy atom. The Balaban J connectivity index is 1.10. The number of nitrogens with one attached hydrogen (secondary N) is 1. The van der Waals surface area contributed by atoms with E-state index in [4.69, 9.17) is 14.8 Å². The van der Waals surface area contributed by atoms with E-state index < -0.39 is 5.97 Å². The lowest BCUT2D eigenvalue weighted by Crippen LogP contribution is -2.65. The van der Waals surface area contributed by atoms with Crippen LogP contribution in [0.15, 0.2) is 66.9 Å². The first-order chi connectivity index (χ1) is 26.4. The standard InChI is InChI=1S/C46H51N5O4S/c1-9-30(19-33-28(2)13-12-14-32(33)39(52)50-41-49-36-15-10-11-16-37(36)56-41)35-18-17-31(38(48-35)40(53)54)34-20-47-51(29(34)3)27-45-22-43(7)21-44(8,23-45)25-46(24-43,26-45)55-42(4,5)6/h9-20H,2,21-27H2,1,3-8H3,(H,53,54)(H,49,50,52)/b30-9+,33-19+. The third kappa shape index (κ3) is 7.02. The van der Waals surface area contributed by atoms with Gasteiger partial charge in [-0.15, -0.1) is 0 Å². The molecule has 9 rings (SSSR count). The largest absolute Gasteiger partial charge is 0.476 e. The number of fused-ring (bicyclic) bond motifs is 1. The molecule has 4 aliphatic carbocycles. The number of anilines is 1. The summed E-state index contributed by atoms with van der Waals surface area (Å²) in [5, 5.41) is 20.2. The summed E-state index contributed by atoms with van der Waals surface area (Å²) in [6.07, 6.45) is 12.2. The van der Waals surface area contributed by atoms with Crippen LogP contribution in [0.5, 0.6) is 0 Å². The molecular formula is C46H51N5O4S. The van der Waals surface area contributed by atoms with Gasteiger partial charge in [-0.05, 0) is 142 Å². The van der Waals surface area contributed by atoms with Gasteiger partial charge in [-0.3, -0.25) is 14.8 Å². The van der Waals surface area contributed by atoms with Crippen molar-refractivity contribution in [3.8, 4) is 11.1 Å². The fourth-order valence-electron chi connectivity index (χ4n) is 11.5. The predicted octanol–water partition coefficient (Wildman–Crippen LogP) is 9.04. The quantitative estimate of drug-likeness (QED) is 0.154. The summed E-state index contributed by atoms with van der Waals surface area (Å²) in [5.74, 6) is -1.44. The van der Waals surface area contributed by atoms with Crippen molar-refractivity contribution in [1.29, 1.82) is 0 Å². The van der Waals surface area contributed by atoms with Crippen LogP contribution in [0, 0.1) is 23.2 Å². The highest BCUT2D eigenvalue weighted by Crippen LogP contribution is 2.72. The number of nitrogens with zero attached hydrogens (tertiary/aromatic N) is 4. The maximum Gasteiger partial charge on any atom is 0.355 e. The lowest BCUT2D eigenvalue weighted by atomic mass is 9.39. The minimum Gasteiger partial charge on any atom is -0.476 e. The van der Waals surface area contributed by atoms with Gasteiger partial charge in [-0.1, -0.05) is 62.1 Å². The fraction of sp³-hybridized carbons (Fsp3) is 0.413. The van der Waals surface area contributed by atoms with Crippen molar-refractivity contribution in [1.82, 2.24) is 19.7 Å². The van der Waals surface area contributed by atoms with Crippen molar-refractivity contribution >= 4 is 56.8 Å². The molecule has 0 spiro atoms. The first kappa shape index (κ1) is 38.0. The van der Waals surface area contributed by atoms with E-state index in [0.717, 1.165) is 60.1 Å². The van der Waals surface area contributed by atoms with Gasteiger partial charge in [-0.2, -0.15) is 5.10 Å². The van der Waals surface area contributed by atoms with E-state index in [9.17, 15) is 14.7 Å². The molecule has 0 aliphatic heterocycles. The van der Waals surface area contributed by atoms with Crippen molar-refractivity contribution in [2.45, 2.75) is 105 Å². The molecule has 5 aromatic rings. The molecule has 56 heavy (non-hydrogen) atoms. The zero-order valence-electron chi connectivity index (χ0n) is 33.5. The molecule has 9 nitrogen and oxygen atoms in total. The number of hydrogen-bond donors (Lipinski definition) is 2. The number of aromatic carboxylic acids is 1. The second-order valence-corrected chi connectivity index (χ2v) is 19.5. The molecule has 4 saturated carbocycles. The van der Waals surface area contributed by atoms with Crippen molar-refractivity contribution in [2.24, 2.45) is 16.2 Å². The lowest BCUT2D eigenvalue weighted by molar-refractivity contribution is -0.275. The van der Waals surface area contributed by atoms with Crippen LogP contribution in [0.25, 0.3) is 39.6 Å². The summed E-state index contributed by atoms with van der Waals surface area (Å²) in [7, 11) is 0. The Morgan fingerprint density at radius 2 is 1.70 bits per heavy atom. The molecule has 1 amide bonds. The Labute approximate surface area is 332 Å². The number of hydrogen-bond acceptors (Lipinski definition) is 7. The highest BCUT2D eigenvalue weighted by Gasteiger charge is 2.66. The summed E-state index contributed by atoms with van der Waals surface area (Å²) in [6, 6.07) is 16.8. The number of benzene rings is 2. The van der Waals surface area contributed by atoms with E-state index in [2.05, 4.69) is 56.2 Å². The third-order valence-corrected chi connectivity index (χ3v) is 13.0. The van der Waals surface area contributed by atoms with Crippen LogP contribution in [0.4, 0.5) is 5.13 Å². The first-order valence-corrected chi connectivity index (χ1v) is 20.3. The van der Waals surface area contributed by atoms with Gasteiger partial charge in [0.05, 0.1) is 33.3 Å². The number of pyridine rings is 1. The Bertz CT molecular complexity index is 2500. The molecular weight excluding hydrogens is 719 g/mol. The maximum absolute atomic E-state index is 13.6. The number of carboxylic acid groups (broad SMARTS) is 1. The molecule has 2 atom stereocenters. The minimum atomic E-state index is -1.12. The Kier molecular flexibility index (Phi) is 9.04. The van der Waals surface area contributed by atoms with Gasteiger partial charge in [0.2, 0.25) is 0 Å². The number of amides is 1. The molecule has 4 fully saturated rings. The number of aromatic nitrogens is 4. The van der Waals surface area contributed by atoms with Gasteiger partial charge in [0.1, 0.15) is 0 Å². The number of ether oxygens (including phenoxy) is 1. The van der Waals surface area contributed by atoms with Crippen LogP contribution in [0.3, 0.4) is 0 Å². The second kappa shape index (κ2) is 13.3. The number of rotatable bonds is 9. The molecule has 0 saturated heterocycles. The van der Waals surface area contributed by atoms with Crippen LogP contribution < -0.4 is 15.8 Å². The predicted molar refractivity (Wildman–Crippen MR) is 224 cm³/mol. The average molecular weight is 770 g/mol. The number of carboxylic acids is 1. The van der Waals surface area contributed by atoms with Gasteiger partial charge in [0, 0.05) is 28.9 Å². The summed E-state index contributed by atoms with van der Waals surface area (Å²) >= 11 is 1.41. The molecule has 4 bridgehead atoms. The zero-order valence-corrected chi connectivity index (χ0v) is 34.3. The average Bonchev–Trinajstić information content (AvgIpc) is 3.66. The highest BCUT2D eigenvalue weighted by molar-refractivity contribution is 7.22. The summed E-state index contributed by atoms with van der Waals surface area (Å²) in [4.78, 5) is 35.8. The van der Waals surface area contributed by atoms with Crippen LogP contribution in [0.2, 0.25) is 0 Å². The number of para-hydroxylation sites is 1. The summed E-state index contributed by atoms with van der Waals surface area (Å²) < 4.78 is 10.1. The van der Waals surface area contributed by atoms with Crippen molar-refractivity contribution in [3.63, 3.8) is 0 Å². The van der Waals surface area contributed by atoms with E-state index in [1.807, 2.05) is 68.5 Å². The van der Waals surface area contributed by atoms with Gasteiger partial charge < -0.3 is 9.84 Å². The topological polar surface area (TPSA) is 119 Å². The van der Waals surface area contributed by atoms with E-state index in [-0.39, 0.29) is 39.0 Å². The van der Waals surface area contributed by atoms with E-state index in [1.54, 1.807) is 18.3 Å². The van der Waals surface area contributed by atoms with Crippen molar-refractivity contribution < 1.29 is 19.4 Å². The van der Waals surface area contributed by atoms with Crippen LogP contribution in [-0.2, 0) is 11.3 Å². The normalized spacial score (nSPS) is 26.3. The van der Waals surface area contributed by atoms with Crippen LogP contribution >= 0.6 is 11.3 Å². The van der Waals surface area contributed by atoms with Gasteiger partial charge in [0.15, 0.2) is 10.8 Å². The maximum atomic E-state index is 13.6. The number of carbonyl (C=O) groups is 2. The molecule has 0 radical (unpaired) electrons. The van der Waals surface area contributed by atoms with Gasteiger partial charge in [0.25, 0.3) is 5.91 Å². The minimum absolute atomic E-state index is 0.0422. The molecule has 4 aliphatic rings. The van der Waals surface area contributed by atoms with E-state index in [0.29, 0.717) is 38.0 Å². The fourth-order valence-corrected chi connectivity index (χ4v) is 12.3. The van der Waals surface area contributed by atoms with Gasteiger partial charge in [-0.25, -0.2) is 14.8 Å². The third-order valence-electron chi connectivity index (χ3n) is 12.0. The summed E-state index contributed by atoms with van der Waals surface area (Å²) in [5.41, 5.74) is 4.62. The number of allylic oxidation sites excluding steroid dienone is 2. The van der Waals surface area contributed by atoms with Crippen LogP contribution in [-0.4, -0.2) is 47.9 Å². The first-order valence-electron chi connectivity index (χ1n) is 19.5. The lowest BCUT2D eigenvalue weighted by Gasteiger charge is -2.70. The molecule has 10 heteroatoms. The Hall–Kier alpha value is -4.93. The van der Waals surface area contributed by atoms with E-state index >= 15 is 0 Å². The highest BCUT2D eigenvalue weighted by atomic mass is 32.1. The second-order valence-electron chi connectivity index (χ2n) is 18.5. The monoisotopic (exact) mass is 769 g/mol. The SMILES string of the molecule is C=c1cccc(C(=O)Nc2nc3ccccc3s2)/c1=C/C(=C\C)c1ccc(-c2cnn(CC34CC5(C)CC(C)(C3)CC(OC(C)(C)C)(C5)C4)c2C)c(C(=O)O)n1. The van der Waals surface area contributed by atoms with Crippen LogP contribution in [0.1, 0.15) is 112 Å². The smallest absolute Gasteiger partial charge is 0.355 e. The van der Waals surface area contributed by atoms with Gasteiger partial charge >= 0.3 is 5.97 Å². The van der Waals surface area contributed by atoms with Crippen molar-refractivity contribution in [2.75, 3.05) is 5.32 Å². The number of thiazole rings is 1.